The third kappa shape index (κ3) is 1.95. The molecule has 1 unspecified atom stereocenters. The molecule has 16 heavy (non-hydrogen) atoms. The van der Waals surface area contributed by atoms with Crippen molar-refractivity contribution in [2.24, 2.45) is 5.41 Å². The molecular formula is C11H17N3O2. The summed E-state index contributed by atoms with van der Waals surface area (Å²) < 4.78 is 5.05. The maximum Gasteiger partial charge on any atom is 0.228 e. The molecule has 2 rings (SSSR count). The monoisotopic (exact) mass is 223 g/mol. The van der Waals surface area contributed by atoms with Gasteiger partial charge in [0, 0.05) is 30.8 Å². The summed E-state index contributed by atoms with van der Waals surface area (Å²) in [6.45, 7) is 5.40. The largest absolute Gasteiger partial charge is 0.481 e. The van der Waals surface area contributed by atoms with Crippen molar-refractivity contribution < 1.29 is 9.84 Å². The summed E-state index contributed by atoms with van der Waals surface area (Å²) in [7, 11) is 1.58. The average Bonchev–Trinajstić information content (AvgIpc) is 2.54. The molecule has 0 saturated carbocycles. The molecule has 1 aromatic rings. The van der Waals surface area contributed by atoms with Gasteiger partial charge in [-0.15, -0.1) is 0 Å². The number of nitrogens with zero attached hydrogens (tertiary/aromatic N) is 3. The zero-order valence-corrected chi connectivity index (χ0v) is 9.84. The van der Waals surface area contributed by atoms with Gasteiger partial charge in [-0.3, -0.25) is 0 Å². The molecule has 1 atom stereocenters. The zero-order valence-electron chi connectivity index (χ0n) is 9.84. The van der Waals surface area contributed by atoms with Gasteiger partial charge in [-0.1, -0.05) is 13.8 Å². The van der Waals surface area contributed by atoms with Crippen molar-refractivity contribution in [3.05, 3.63) is 12.3 Å². The number of hydrogen-bond acceptors (Lipinski definition) is 5. The Bertz CT molecular complexity index is 381. The molecule has 0 amide bonds. The Morgan fingerprint density at radius 3 is 2.88 bits per heavy atom. The summed E-state index contributed by atoms with van der Waals surface area (Å²) in [6.07, 6.45) is 1.32. The second-order valence-electron chi connectivity index (χ2n) is 4.78. The quantitative estimate of drug-likeness (QED) is 0.799. The third-order valence-electron chi connectivity index (χ3n) is 3.00. The van der Waals surface area contributed by atoms with Gasteiger partial charge in [-0.05, 0) is 0 Å². The Hall–Kier alpha value is -1.36. The minimum absolute atomic E-state index is 0.119. The lowest BCUT2D eigenvalue weighted by atomic mass is 9.90. The number of aliphatic hydroxyl groups excluding tert-OH is 1. The van der Waals surface area contributed by atoms with Crippen LogP contribution in [0.15, 0.2) is 12.3 Å². The molecule has 5 heteroatoms. The Morgan fingerprint density at radius 2 is 2.31 bits per heavy atom. The van der Waals surface area contributed by atoms with Crippen LogP contribution < -0.4 is 9.64 Å². The number of methoxy groups -OCH3 is 1. The van der Waals surface area contributed by atoms with E-state index in [1.165, 1.54) is 0 Å². The molecule has 0 radical (unpaired) electrons. The lowest BCUT2D eigenvalue weighted by molar-refractivity contribution is 0.0964. The van der Waals surface area contributed by atoms with E-state index in [4.69, 9.17) is 4.74 Å². The minimum atomic E-state index is -0.345. The SMILES string of the molecule is COc1ccnc(N2CC(O)C(C)(C)C2)n1. The van der Waals surface area contributed by atoms with Crippen LogP contribution in [0.25, 0.3) is 0 Å². The smallest absolute Gasteiger partial charge is 0.228 e. The van der Waals surface area contributed by atoms with E-state index in [1.54, 1.807) is 19.4 Å². The second kappa shape index (κ2) is 3.90. The Kier molecular flexibility index (Phi) is 2.71. The lowest BCUT2D eigenvalue weighted by Crippen LogP contribution is -2.26. The predicted octanol–water partition coefficient (Wildman–Crippen LogP) is 0.692. The van der Waals surface area contributed by atoms with Gasteiger partial charge in [0.2, 0.25) is 11.8 Å². The first-order valence-corrected chi connectivity index (χ1v) is 5.33. The molecule has 1 aliphatic heterocycles. The van der Waals surface area contributed by atoms with Crippen molar-refractivity contribution in [3.63, 3.8) is 0 Å². The molecule has 1 aromatic heterocycles. The van der Waals surface area contributed by atoms with Crippen molar-refractivity contribution in [3.8, 4) is 5.88 Å². The van der Waals surface area contributed by atoms with Crippen molar-refractivity contribution in [1.29, 1.82) is 0 Å². The number of aliphatic hydroxyl groups is 1. The number of rotatable bonds is 2. The molecular weight excluding hydrogens is 206 g/mol. The van der Waals surface area contributed by atoms with Gasteiger partial charge in [-0.25, -0.2) is 4.98 Å². The van der Waals surface area contributed by atoms with Gasteiger partial charge in [0.05, 0.1) is 13.2 Å². The number of ether oxygens (including phenoxy) is 1. The number of anilines is 1. The van der Waals surface area contributed by atoms with Crippen LogP contribution in [0.1, 0.15) is 13.8 Å². The molecule has 0 spiro atoms. The van der Waals surface area contributed by atoms with Crippen LogP contribution in [0.3, 0.4) is 0 Å². The van der Waals surface area contributed by atoms with Crippen LogP contribution in [-0.4, -0.2) is 41.4 Å². The van der Waals surface area contributed by atoms with E-state index in [-0.39, 0.29) is 11.5 Å². The van der Waals surface area contributed by atoms with Crippen LogP contribution in [0.4, 0.5) is 5.95 Å². The van der Waals surface area contributed by atoms with Crippen molar-refractivity contribution >= 4 is 5.95 Å². The fourth-order valence-electron chi connectivity index (χ4n) is 1.87. The molecule has 2 heterocycles. The van der Waals surface area contributed by atoms with Crippen LogP contribution in [0, 0.1) is 5.41 Å². The molecule has 0 bridgehead atoms. The fraction of sp³-hybridized carbons (Fsp3) is 0.636. The lowest BCUT2D eigenvalue weighted by Gasteiger charge is -2.20. The summed E-state index contributed by atoms with van der Waals surface area (Å²) in [5, 5.41) is 9.89. The summed E-state index contributed by atoms with van der Waals surface area (Å²) >= 11 is 0. The number of aromatic nitrogens is 2. The molecule has 88 valence electrons. The van der Waals surface area contributed by atoms with E-state index in [0.29, 0.717) is 18.4 Å². The fourth-order valence-corrected chi connectivity index (χ4v) is 1.87. The third-order valence-corrected chi connectivity index (χ3v) is 3.00. The summed E-state index contributed by atoms with van der Waals surface area (Å²) in [6, 6.07) is 1.71. The molecule has 1 aliphatic rings. The Balaban J connectivity index is 2.20. The number of β-amino-alcohol motifs (C(OH)–C–C–N with tert-alkyl or cyclic N) is 1. The minimum Gasteiger partial charge on any atom is -0.481 e. The van der Waals surface area contributed by atoms with Gasteiger partial charge in [-0.2, -0.15) is 4.98 Å². The van der Waals surface area contributed by atoms with Crippen LogP contribution in [-0.2, 0) is 0 Å². The predicted molar refractivity (Wildman–Crippen MR) is 60.6 cm³/mol. The first-order valence-electron chi connectivity index (χ1n) is 5.33. The van der Waals surface area contributed by atoms with Crippen LogP contribution >= 0.6 is 0 Å². The molecule has 0 aromatic carbocycles. The van der Waals surface area contributed by atoms with Crippen LogP contribution in [0.5, 0.6) is 5.88 Å². The highest BCUT2D eigenvalue weighted by atomic mass is 16.5. The van der Waals surface area contributed by atoms with Crippen LogP contribution in [0.2, 0.25) is 0 Å². The van der Waals surface area contributed by atoms with E-state index in [2.05, 4.69) is 9.97 Å². The van der Waals surface area contributed by atoms with Gasteiger partial charge >= 0.3 is 0 Å². The number of hydrogen-bond donors (Lipinski definition) is 1. The zero-order chi connectivity index (χ0) is 11.8. The summed E-state index contributed by atoms with van der Waals surface area (Å²) in [5.74, 6) is 1.16. The molecule has 0 aliphatic carbocycles. The normalized spacial score (nSPS) is 23.5. The van der Waals surface area contributed by atoms with Gasteiger partial charge in [0.25, 0.3) is 0 Å². The highest BCUT2D eigenvalue weighted by Crippen LogP contribution is 2.31. The average molecular weight is 223 g/mol. The topological polar surface area (TPSA) is 58.5 Å². The maximum absolute atomic E-state index is 9.89. The van der Waals surface area contributed by atoms with E-state index in [1.807, 2.05) is 18.7 Å². The van der Waals surface area contributed by atoms with Crippen molar-refractivity contribution in [2.75, 3.05) is 25.1 Å². The first-order chi connectivity index (χ1) is 7.53. The molecule has 1 N–H and O–H groups in total. The molecule has 1 saturated heterocycles. The van der Waals surface area contributed by atoms with E-state index in [9.17, 15) is 5.11 Å². The van der Waals surface area contributed by atoms with Gasteiger partial charge in [0.1, 0.15) is 0 Å². The van der Waals surface area contributed by atoms with E-state index >= 15 is 0 Å². The van der Waals surface area contributed by atoms with E-state index < -0.39 is 0 Å². The van der Waals surface area contributed by atoms with Gasteiger partial charge in [0.15, 0.2) is 0 Å². The van der Waals surface area contributed by atoms with Crippen molar-refractivity contribution in [2.45, 2.75) is 20.0 Å². The maximum atomic E-state index is 9.89. The highest BCUT2D eigenvalue weighted by Gasteiger charge is 2.39. The van der Waals surface area contributed by atoms with Crippen molar-refractivity contribution in [1.82, 2.24) is 9.97 Å². The molecule has 1 fully saturated rings. The first kappa shape index (κ1) is 11.1. The summed E-state index contributed by atoms with van der Waals surface area (Å²) in [5.41, 5.74) is -0.119. The van der Waals surface area contributed by atoms with E-state index in [0.717, 1.165) is 6.54 Å². The second-order valence-corrected chi connectivity index (χ2v) is 4.78. The highest BCUT2D eigenvalue weighted by molar-refractivity contribution is 5.35. The molecule has 5 nitrogen and oxygen atoms in total. The van der Waals surface area contributed by atoms with Gasteiger partial charge < -0.3 is 14.7 Å². The standard InChI is InChI=1S/C11H17N3O2/c1-11(2)7-14(6-8(11)15)10-12-5-4-9(13-10)16-3/h4-5,8,15H,6-7H2,1-3H3. The summed E-state index contributed by atoms with van der Waals surface area (Å²) in [4.78, 5) is 10.4. The Morgan fingerprint density at radius 1 is 1.56 bits per heavy atom. The Labute approximate surface area is 95.1 Å².